The molecule has 0 saturated heterocycles. The van der Waals surface area contributed by atoms with Crippen molar-refractivity contribution in [2.45, 2.75) is 13.5 Å². The van der Waals surface area contributed by atoms with Gasteiger partial charge >= 0.3 is 0 Å². The van der Waals surface area contributed by atoms with Crippen molar-refractivity contribution in [1.82, 2.24) is 4.98 Å². The minimum Gasteiger partial charge on any atom is -0.494 e. The molecule has 0 unspecified atom stereocenters. The van der Waals surface area contributed by atoms with Gasteiger partial charge in [0.15, 0.2) is 0 Å². The van der Waals surface area contributed by atoms with E-state index in [0.717, 1.165) is 28.4 Å². The minimum atomic E-state index is -0.195. The van der Waals surface area contributed by atoms with Crippen LogP contribution in [0.4, 0.5) is 5.69 Å². The van der Waals surface area contributed by atoms with Crippen LogP contribution in [0.25, 0.3) is 6.08 Å². The predicted octanol–water partition coefficient (Wildman–Crippen LogP) is 4.71. The molecule has 0 saturated carbocycles. The molecule has 0 atom stereocenters. The Bertz CT molecular complexity index is 905. The van der Waals surface area contributed by atoms with Crippen LogP contribution in [0.3, 0.4) is 0 Å². The molecule has 3 rings (SSSR count). The normalized spacial score (nSPS) is 10.6. The van der Waals surface area contributed by atoms with Crippen molar-refractivity contribution in [3.05, 3.63) is 90.3 Å². The van der Waals surface area contributed by atoms with E-state index in [1.54, 1.807) is 12.3 Å². The molecule has 0 spiro atoms. The maximum absolute atomic E-state index is 12.1. The number of amides is 1. The van der Waals surface area contributed by atoms with E-state index in [1.807, 2.05) is 73.7 Å². The third-order valence-electron chi connectivity index (χ3n) is 3.85. The minimum absolute atomic E-state index is 0.195. The maximum Gasteiger partial charge on any atom is 0.248 e. The molecular weight excluding hydrogens is 352 g/mol. The molecule has 1 amide bonds. The van der Waals surface area contributed by atoms with Gasteiger partial charge in [-0.05, 0) is 67.1 Å². The zero-order valence-electron chi connectivity index (χ0n) is 15.7. The van der Waals surface area contributed by atoms with Crippen molar-refractivity contribution in [2.75, 3.05) is 11.9 Å². The number of nitrogens with one attached hydrogen (secondary N) is 1. The fourth-order valence-corrected chi connectivity index (χ4v) is 2.47. The Balaban J connectivity index is 1.50. The highest BCUT2D eigenvalue weighted by molar-refractivity contribution is 6.01. The molecule has 28 heavy (non-hydrogen) atoms. The van der Waals surface area contributed by atoms with Crippen molar-refractivity contribution in [3.8, 4) is 11.5 Å². The third-order valence-corrected chi connectivity index (χ3v) is 3.85. The van der Waals surface area contributed by atoms with Gasteiger partial charge in [0, 0.05) is 18.0 Å². The Morgan fingerprint density at radius 3 is 2.36 bits per heavy atom. The second kappa shape index (κ2) is 9.92. The average Bonchev–Trinajstić information content (AvgIpc) is 2.74. The zero-order chi connectivity index (χ0) is 19.6. The molecule has 3 aromatic rings. The number of benzene rings is 2. The van der Waals surface area contributed by atoms with Crippen molar-refractivity contribution in [1.29, 1.82) is 0 Å². The Kier molecular flexibility index (Phi) is 6.79. The number of nitrogens with zero attached hydrogens (tertiary/aromatic N) is 1. The second-order valence-corrected chi connectivity index (χ2v) is 5.96. The molecule has 0 aliphatic rings. The van der Waals surface area contributed by atoms with Gasteiger partial charge in [0.05, 0.1) is 12.3 Å². The fraction of sp³-hybridized carbons (Fsp3) is 0.130. The van der Waals surface area contributed by atoms with E-state index in [9.17, 15) is 4.79 Å². The van der Waals surface area contributed by atoms with Crippen molar-refractivity contribution in [2.24, 2.45) is 0 Å². The summed E-state index contributed by atoms with van der Waals surface area (Å²) in [5, 5.41) is 2.82. The molecule has 0 aliphatic carbocycles. The van der Waals surface area contributed by atoms with Crippen LogP contribution in [0.2, 0.25) is 0 Å². The number of rotatable bonds is 8. The second-order valence-electron chi connectivity index (χ2n) is 5.96. The lowest BCUT2D eigenvalue weighted by Gasteiger charge is -2.06. The number of carbonyl (C=O) groups excluding carboxylic acids is 1. The van der Waals surface area contributed by atoms with Gasteiger partial charge in [-0.3, -0.25) is 9.78 Å². The molecule has 0 fully saturated rings. The van der Waals surface area contributed by atoms with Crippen LogP contribution in [-0.4, -0.2) is 17.5 Å². The summed E-state index contributed by atoms with van der Waals surface area (Å²) in [6.45, 7) is 2.96. The number of hydrogen-bond donors (Lipinski definition) is 1. The Labute approximate surface area is 164 Å². The summed E-state index contributed by atoms with van der Waals surface area (Å²) in [7, 11) is 0. The number of pyridine rings is 1. The van der Waals surface area contributed by atoms with Crippen molar-refractivity contribution < 1.29 is 14.3 Å². The summed E-state index contributed by atoms with van der Waals surface area (Å²) in [5.41, 5.74) is 2.50. The largest absolute Gasteiger partial charge is 0.494 e. The van der Waals surface area contributed by atoms with Crippen LogP contribution in [0.5, 0.6) is 11.5 Å². The van der Waals surface area contributed by atoms with Gasteiger partial charge in [0.2, 0.25) is 5.91 Å². The predicted molar refractivity (Wildman–Crippen MR) is 110 cm³/mol. The van der Waals surface area contributed by atoms with Gasteiger partial charge in [0.1, 0.15) is 18.1 Å². The molecule has 2 aromatic carbocycles. The highest BCUT2D eigenvalue weighted by Gasteiger charge is 2.00. The highest BCUT2D eigenvalue weighted by atomic mass is 16.5. The van der Waals surface area contributed by atoms with Gasteiger partial charge < -0.3 is 14.8 Å². The van der Waals surface area contributed by atoms with E-state index in [4.69, 9.17) is 9.47 Å². The summed E-state index contributed by atoms with van der Waals surface area (Å²) in [4.78, 5) is 16.3. The van der Waals surface area contributed by atoms with Crippen LogP contribution in [0.1, 0.15) is 18.2 Å². The highest BCUT2D eigenvalue weighted by Crippen LogP contribution is 2.17. The fourth-order valence-electron chi connectivity index (χ4n) is 2.47. The summed E-state index contributed by atoms with van der Waals surface area (Å²) in [5.74, 6) is 1.34. The topological polar surface area (TPSA) is 60.5 Å². The lowest BCUT2D eigenvalue weighted by molar-refractivity contribution is -0.111. The van der Waals surface area contributed by atoms with Crippen LogP contribution in [0.15, 0.2) is 79.0 Å². The molecule has 0 radical (unpaired) electrons. The van der Waals surface area contributed by atoms with Gasteiger partial charge in [-0.2, -0.15) is 0 Å². The summed E-state index contributed by atoms with van der Waals surface area (Å²) in [6, 6.07) is 20.5. The summed E-state index contributed by atoms with van der Waals surface area (Å²) < 4.78 is 11.1. The van der Waals surface area contributed by atoms with Gasteiger partial charge in [-0.1, -0.05) is 18.2 Å². The van der Waals surface area contributed by atoms with Gasteiger partial charge in [0.25, 0.3) is 0 Å². The van der Waals surface area contributed by atoms with E-state index in [0.29, 0.717) is 13.2 Å². The van der Waals surface area contributed by atoms with Gasteiger partial charge in [-0.25, -0.2) is 0 Å². The molecule has 1 aromatic heterocycles. The number of hydrogen-bond acceptors (Lipinski definition) is 4. The Morgan fingerprint density at radius 2 is 1.68 bits per heavy atom. The third kappa shape index (κ3) is 5.99. The first-order chi connectivity index (χ1) is 13.7. The molecule has 1 heterocycles. The first-order valence-electron chi connectivity index (χ1n) is 9.07. The molecule has 142 valence electrons. The summed E-state index contributed by atoms with van der Waals surface area (Å²) >= 11 is 0. The average molecular weight is 374 g/mol. The lowest BCUT2D eigenvalue weighted by Crippen LogP contribution is -2.07. The number of ether oxygens (including phenoxy) is 2. The summed E-state index contributed by atoms with van der Waals surface area (Å²) in [6.07, 6.45) is 5.00. The quantitative estimate of drug-likeness (QED) is 0.580. The lowest BCUT2D eigenvalue weighted by atomic mass is 10.2. The van der Waals surface area contributed by atoms with Crippen LogP contribution < -0.4 is 14.8 Å². The zero-order valence-corrected chi connectivity index (χ0v) is 15.7. The molecule has 0 aliphatic heterocycles. The van der Waals surface area contributed by atoms with Crippen molar-refractivity contribution >= 4 is 17.7 Å². The molecule has 1 N–H and O–H groups in total. The van der Waals surface area contributed by atoms with Crippen LogP contribution in [0, 0.1) is 0 Å². The van der Waals surface area contributed by atoms with E-state index < -0.39 is 0 Å². The van der Waals surface area contributed by atoms with E-state index in [2.05, 4.69) is 10.3 Å². The number of anilines is 1. The van der Waals surface area contributed by atoms with E-state index >= 15 is 0 Å². The van der Waals surface area contributed by atoms with Crippen molar-refractivity contribution in [3.63, 3.8) is 0 Å². The number of carbonyl (C=O) groups is 1. The molecular formula is C23H22N2O3. The van der Waals surface area contributed by atoms with Gasteiger partial charge in [-0.15, -0.1) is 0 Å². The first kappa shape index (κ1) is 19.2. The Hall–Kier alpha value is -3.60. The standard InChI is InChI=1S/C23H22N2O3/c1-2-27-21-13-9-19(10-14-21)25-23(26)15-8-18-6-11-22(12-7-18)28-17-20-5-3-4-16-24-20/h3-16H,2,17H2,1H3,(H,25,26)/b15-8+. The molecule has 5 nitrogen and oxygen atoms in total. The Morgan fingerprint density at radius 1 is 0.964 bits per heavy atom. The maximum atomic E-state index is 12.1. The number of aromatic nitrogens is 1. The monoisotopic (exact) mass is 374 g/mol. The molecule has 5 heteroatoms. The SMILES string of the molecule is CCOc1ccc(NC(=O)/C=C/c2ccc(OCc3ccccn3)cc2)cc1. The smallest absolute Gasteiger partial charge is 0.248 e. The molecule has 0 bridgehead atoms. The van der Waals surface area contributed by atoms with Crippen LogP contribution >= 0.6 is 0 Å². The van der Waals surface area contributed by atoms with E-state index in [1.165, 1.54) is 6.08 Å². The first-order valence-corrected chi connectivity index (χ1v) is 9.07. The van der Waals surface area contributed by atoms with Crippen LogP contribution in [-0.2, 0) is 11.4 Å². The van der Waals surface area contributed by atoms with E-state index in [-0.39, 0.29) is 5.91 Å².